The fourth-order valence-corrected chi connectivity index (χ4v) is 3.95. The predicted octanol–water partition coefficient (Wildman–Crippen LogP) is 6.14. The highest BCUT2D eigenvalue weighted by molar-refractivity contribution is 5.79. The predicted molar refractivity (Wildman–Crippen MR) is 106 cm³/mol. The molecule has 31 heavy (non-hydrogen) atoms. The Morgan fingerprint density at radius 1 is 0.806 bits per heavy atom. The highest BCUT2D eigenvalue weighted by atomic mass is 19.2. The van der Waals surface area contributed by atoms with E-state index in [0.717, 1.165) is 25.7 Å². The van der Waals surface area contributed by atoms with Gasteiger partial charge in [0.2, 0.25) is 5.82 Å². The van der Waals surface area contributed by atoms with Crippen molar-refractivity contribution in [3.63, 3.8) is 0 Å². The zero-order valence-corrected chi connectivity index (χ0v) is 17.9. The van der Waals surface area contributed by atoms with Crippen LogP contribution in [0.5, 0.6) is 0 Å². The van der Waals surface area contributed by atoms with Crippen molar-refractivity contribution in [2.45, 2.75) is 96.2 Å². The second-order valence-electron chi connectivity index (χ2n) is 8.34. The minimum atomic E-state index is -2.23. The molecule has 2 rings (SSSR count). The van der Waals surface area contributed by atoms with Gasteiger partial charge in [0, 0.05) is 12.0 Å². The van der Waals surface area contributed by atoms with Gasteiger partial charge in [-0.05, 0) is 12.8 Å². The van der Waals surface area contributed by atoms with Crippen LogP contribution >= 0.6 is 0 Å². The summed E-state index contributed by atoms with van der Waals surface area (Å²) in [6, 6.07) is 0. The number of hydrogen-bond acceptors (Lipinski definition) is 3. The van der Waals surface area contributed by atoms with Crippen molar-refractivity contribution in [2.24, 2.45) is 5.92 Å². The first kappa shape index (κ1) is 25.6. The maximum absolute atomic E-state index is 13.9. The molecule has 1 aromatic carbocycles. The summed E-state index contributed by atoms with van der Waals surface area (Å²) in [4.78, 5) is 11.7. The third-order valence-corrected chi connectivity index (χ3v) is 5.89. The molecule has 1 aliphatic heterocycles. The normalized spacial score (nSPS) is 19.3. The zero-order valence-electron chi connectivity index (χ0n) is 17.9. The molecule has 1 N–H and O–H groups in total. The van der Waals surface area contributed by atoms with Crippen LogP contribution < -0.4 is 0 Å². The number of carbonyl (C=O) groups is 1. The quantitative estimate of drug-likeness (QED) is 0.122. The van der Waals surface area contributed by atoms with E-state index in [1.165, 1.54) is 32.1 Å². The third-order valence-electron chi connectivity index (χ3n) is 5.89. The van der Waals surface area contributed by atoms with E-state index in [0.29, 0.717) is 6.42 Å². The number of rotatable bonds is 14. The Bertz CT molecular complexity index is 711. The molecule has 176 valence electrons. The molecule has 3 nitrogen and oxygen atoms in total. The molecule has 1 unspecified atom stereocenters. The van der Waals surface area contributed by atoms with Gasteiger partial charge in [0.25, 0.3) is 0 Å². The zero-order chi connectivity index (χ0) is 23.0. The first-order chi connectivity index (χ1) is 14.8. The smallest absolute Gasteiger partial charge is 0.313 e. The number of benzene rings is 1. The molecule has 0 spiro atoms. The second kappa shape index (κ2) is 12.4. The molecule has 1 aromatic rings. The summed E-state index contributed by atoms with van der Waals surface area (Å²) >= 11 is 0. The van der Waals surface area contributed by atoms with Crippen molar-refractivity contribution < 1.29 is 36.6 Å². The number of aliphatic hydroxyl groups is 1. The second-order valence-corrected chi connectivity index (χ2v) is 8.34. The van der Waals surface area contributed by atoms with E-state index in [1.54, 1.807) is 0 Å². The van der Waals surface area contributed by atoms with Crippen molar-refractivity contribution >= 4 is 5.97 Å². The van der Waals surface area contributed by atoms with Crippen molar-refractivity contribution in [2.75, 3.05) is 0 Å². The Morgan fingerprint density at radius 2 is 1.29 bits per heavy atom. The number of carbonyl (C=O) groups excluding carboxylic acids is 1. The summed E-state index contributed by atoms with van der Waals surface area (Å²) in [5, 5.41) is 10.2. The van der Waals surface area contributed by atoms with Gasteiger partial charge in [-0.15, -0.1) is 0 Å². The van der Waals surface area contributed by atoms with E-state index in [4.69, 9.17) is 4.74 Å². The number of halogens is 5. The Labute approximate surface area is 180 Å². The molecular formula is C23H31F5O3. The van der Waals surface area contributed by atoms with E-state index >= 15 is 0 Å². The molecule has 1 heterocycles. The van der Waals surface area contributed by atoms with Gasteiger partial charge in [-0.25, -0.2) is 22.0 Å². The Balaban J connectivity index is 1.76. The maximum Gasteiger partial charge on any atom is 0.313 e. The molecule has 0 bridgehead atoms. The van der Waals surface area contributed by atoms with Gasteiger partial charge in [0.15, 0.2) is 23.3 Å². The van der Waals surface area contributed by atoms with Crippen molar-refractivity contribution in [3.8, 4) is 0 Å². The van der Waals surface area contributed by atoms with E-state index in [1.807, 2.05) is 0 Å². The van der Waals surface area contributed by atoms with Crippen LogP contribution in [0.2, 0.25) is 0 Å². The van der Waals surface area contributed by atoms with Gasteiger partial charge in [-0.3, -0.25) is 4.79 Å². The lowest BCUT2D eigenvalue weighted by atomic mass is 9.85. The van der Waals surface area contributed by atoms with E-state index in [9.17, 15) is 31.9 Å². The lowest BCUT2D eigenvalue weighted by Gasteiger charge is -2.36. The lowest BCUT2D eigenvalue weighted by molar-refractivity contribution is -0.187. The number of esters is 1. The van der Waals surface area contributed by atoms with Gasteiger partial charge >= 0.3 is 5.97 Å². The van der Waals surface area contributed by atoms with Crippen molar-refractivity contribution in [1.29, 1.82) is 0 Å². The van der Waals surface area contributed by atoms with Crippen LogP contribution in [0.15, 0.2) is 0 Å². The average Bonchev–Trinajstić information content (AvgIpc) is 2.74. The molecule has 0 aliphatic carbocycles. The molecule has 3 atom stereocenters. The summed E-state index contributed by atoms with van der Waals surface area (Å²) < 4.78 is 72.6. The van der Waals surface area contributed by atoms with E-state index in [2.05, 4.69) is 6.92 Å². The Hall–Kier alpha value is -1.70. The highest BCUT2D eigenvalue weighted by Crippen LogP contribution is 2.33. The number of unbranched alkanes of at least 4 members (excludes halogenated alkanes) is 8. The average molecular weight is 450 g/mol. The third kappa shape index (κ3) is 6.89. The SMILES string of the molecule is CCCCCCCCCCCC(O)C[C@H]1OC(=O)[C@@H]1Cc1c(F)c(F)c(F)c(F)c1F. The summed E-state index contributed by atoms with van der Waals surface area (Å²) in [5.41, 5.74) is -1.03. The molecule has 1 aliphatic rings. The first-order valence-electron chi connectivity index (χ1n) is 11.2. The fourth-order valence-electron chi connectivity index (χ4n) is 3.95. The van der Waals surface area contributed by atoms with Gasteiger partial charge < -0.3 is 9.84 Å². The van der Waals surface area contributed by atoms with Crippen LogP contribution in [-0.4, -0.2) is 23.3 Å². The molecule has 0 saturated carbocycles. The standard InChI is InChI=1S/C23H31F5O3/c1-2-3-4-5-6-7-8-9-10-11-14(29)12-17-15(23(30)31-17)13-16-18(24)20(26)22(28)21(27)19(16)25/h14-15,17,29H,2-13H2,1H3/t14?,15-,17-/m1/s1. The highest BCUT2D eigenvalue weighted by Gasteiger charge is 2.44. The number of hydrogen-bond donors (Lipinski definition) is 1. The van der Waals surface area contributed by atoms with Crippen molar-refractivity contribution in [3.05, 3.63) is 34.6 Å². The molecule has 0 aromatic heterocycles. The molecular weight excluding hydrogens is 419 g/mol. The molecule has 8 heteroatoms. The van der Waals surface area contributed by atoms with E-state index < -0.39 is 65.2 Å². The summed E-state index contributed by atoms with van der Waals surface area (Å²) in [7, 11) is 0. The van der Waals surface area contributed by atoms with Crippen LogP contribution in [-0.2, 0) is 16.0 Å². The van der Waals surface area contributed by atoms with Crippen LogP contribution in [0.4, 0.5) is 22.0 Å². The Morgan fingerprint density at radius 3 is 1.81 bits per heavy atom. The summed E-state index contributed by atoms with van der Waals surface area (Å²) in [6.07, 6.45) is 8.56. The first-order valence-corrected chi connectivity index (χ1v) is 11.2. The van der Waals surface area contributed by atoms with Crippen LogP contribution in [0.25, 0.3) is 0 Å². The largest absolute Gasteiger partial charge is 0.461 e. The van der Waals surface area contributed by atoms with Crippen LogP contribution in [0.3, 0.4) is 0 Å². The topological polar surface area (TPSA) is 46.5 Å². The summed E-state index contributed by atoms with van der Waals surface area (Å²) in [6.45, 7) is 2.18. The molecule has 0 radical (unpaired) electrons. The van der Waals surface area contributed by atoms with Gasteiger partial charge in [-0.1, -0.05) is 64.7 Å². The minimum Gasteiger partial charge on any atom is -0.461 e. The number of aliphatic hydroxyl groups excluding tert-OH is 1. The summed E-state index contributed by atoms with van der Waals surface area (Å²) in [5.74, 6) is -12.0. The minimum absolute atomic E-state index is 0.0722. The number of cyclic esters (lactones) is 1. The molecule has 0 amide bonds. The van der Waals surface area contributed by atoms with Crippen molar-refractivity contribution in [1.82, 2.24) is 0 Å². The Kier molecular flexibility index (Phi) is 10.2. The molecule has 1 fully saturated rings. The maximum atomic E-state index is 13.9. The van der Waals surface area contributed by atoms with Gasteiger partial charge in [-0.2, -0.15) is 0 Å². The van der Waals surface area contributed by atoms with E-state index in [-0.39, 0.29) is 6.42 Å². The monoisotopic (exact) mass is 450 g/mol. The number of ether oxygens (including phenoxy) is 1. The van der Waals surface area contributed by atoms with Gasteiger partial charge in [0.1, 0.15) is 6.10 Å². The van der Waals surface area contributed by atoms with Gasteiger partial charge in [0.05, 0.1) is 12.0 Å². The molecule has 1 saturated heterocycles. The fraction of sp³-hybridized carbons (Fsp3) is 0.696. The van der Waals surface area contributed by atoms with Crippen LogP contribution in [0, 0.1) is 35.0 Å². The van der Waals surface area contributed by atoms with Crippen LogP contribution in [0.1, 0.15) is 83.1 Å². The lowest BCUT2D eigenvalue weighted by Crippen LogP contribution is -2.48.